The first-order valence-corrected chi connectivity index (χ1v) is 4.52. The lowest BCUT2D eigenvalue weighted by atomic mass is 10.1. The highest BCUT2D eigenvalue weighted by molar-refractivity contribution is 5.85. The summed E-state index contributed by atoms with van der Waals surface area (Å²) in [7, 11) is 0. The minimum absolute atomic E-state index is 0. The van der Waals surface area contributed by atoms with E-state index in [0.717, 1.165) is 10.9 Å². The van der Waals surface area contributed by atoms with Crippen molar-refractivity contribution in [3.05, 3.63) is 48.0 Å². The molecule has 3 heteroatoms. The van der Waals surface area contributed by atoms with Gasteiger partial charge in [0.05, 0.1) is 6.42 Å². The van der Waals surface area contributed by atoms with Crippen molar-refractivity contribution in [2.45, 2.75) is 6.42 Å². The molecule has 2 nitrogen and oxygen atoms in total. The first-order chi connectivity index (χ1) is 6.75. The Kier molecular flexibility index (Phi) is 3.69. The number of halogens is 1. The average molecular weight is 222 g/mol. The molecule has 0 unspecified atom stereocenters. The molecular weight excluding hydrogens is 210 g/mol. The van der Waals surface area contributed by atoms with Crippen LogP contribution in [0.5, 0.6) is 0 Å². The van der Waals surface area contributed by atoms with Gasteiger partial charge in [-0.05, 0) is 16.3 Å². The number of primary amides is 1. The van der Waals surface area contributed by atoms with Crippen LogP contribution >= 0.6 is 12.4 Å². The van der Waals surface area contributed by atoms with E-state index in [9.17, 15) is 4.79 Å². The van der Waals surface area contributed by atoms with Gasteiger partial charge in [-0.2, -0.15) is 0 Å². The Morgan fingerprint density at radius 3 is 2.40 bits per heavy atom. The maximum Gasteiger partial charge on any atom is 0.221 e. The molecule has 0 aliphatic heterocycles. The fourth-order valence-corrected chi connectivity index (χ4v) is 1.55. The van der Waals surface area contributed by atoms with Crippen LogP contribution < -0.4 is 5.73 Å². The first kappa shape index (κ1) is 11.5. The highest BCUT2D eigenvalue weighted by Crippen LogP contribution is 2.15. The molecule has 0 aromatic heterocycles. The molecule has 0 atom stereocenters. The molecule has 2 aromatic rings. The van der Waals surface area contributed by atoms with E-state index in [0.29, 0.717) is 6.42 Å². The largest absolute Gasteiger partial charge is 0.369 e. The fraction of sp³-hybridized carbons (Fsp3) is 0.0833. The van der Waals surface area contributed by atoms with Gasteiger partial charge < -0.3 is 5.73 Å². The zero-order chi connectivity index (χ0) is 9.97. The minimum Gasteiger partial charge on any atom is -0.369 e. The lowest BCUT2D eigenvalue weighted by molar-refractivity contribution is -0.117. The van der Waals surface area contributed by atoms with Crippen molar-refractivity contribution in [3.63, 3.8) is 0 Å². The predicted molar refractivity (Wildman–Crippen MR) is 64.1 cm³/mol. The number of fused-ring (bicyclic) bond motifs is 1. The van der Waals surface area contributed by atoms with E-state index in [-0.39, 0.29) is 18.3 Å². The summed E-state index contributed by atoms with van der Waals surface area (Å²) in [6.07, 6.45) is 0.310. The normalized spacial score (nSPS) is 9.60. The lowest BCUT2D eigenvalue weighted by Crippen LogP contribution is -2.13. The number of benzene rings is 2. The quantitative estimate of drug-likeness (QED) is 0.831. The Morgan fingerprint density at radius 2 is 1.73 bits per heavy atom. The predicted octanol–water partition coefficient (Wildman–Crippen LogP) is 2.29. The van der Waals surface area contributed by atoms with Crippen molar-refractivity contribution < 1.29 is 4.79 Å². The van der Waals surface area contributed by atoms with Crippen LogP contribution in [0.3, 0.4) is 0 Å². The molecule has 0 aliphatic rings. The molecular formula is C12H12ClNO. The molecule has 0 spiro atoms. The van der Waals surface area contributed by atoms with Crippen LogP contribution in [0.4, 0.5) is 0 Å². The molecule has 2 rings (SSSR count). The van der Waals surface area contributed by atoms with Crippen molar-refractivity contribution in [2.24, 2.45) is 5.73 Å². The van der Waals surface area contributed by atoms with Gasteiger partial charge in [0.25, 0.3) is 0 Å². The van der Waals surface area contributed by atoms with Crippen molar-refractivity contribution in [3.8, 4) is 0 Å². The standard InChI is InChI=1S/C12H11NO.ClH/c13-12(14)8-9-5-6-10-3-1-2-4-11(10)7-9;/h1-7H,8H2,(H2,13,14);1H. The van der Waals surface area contributed by atoms with Gasteiger partial charge in [-0.1, -0.05) is 42.5 Å². The second-order valence-corrected chi connectivity index (χ2v) is 3.32. The Hall–Kier alpha value is -1.54. The van der Waals surface area contributed by atoms with Gasteiger partial charge >= 0.3 is 0 Å². The Bertz CT molecular complexity index is 482. The van der Waals surface area contributed by atoms with E-state index in [2.05, 4.69) is 0 Å². The zero-order valence-corrected chi connectivity index (χ0v) is 8.96. The van der Waals surface area contributed by atoms with E-state index in [1.165, 1.54) is 5.39 Å². The van der Waals surface area contributed by atoms with Crippen molar-refractivity contribution in [1.82, 2.24) is 0 Å². The van der Waals surface area contributed by atoms with Gasteiger partial charge in [0.15, 0.2) is 0 Å². The summed E-state index contributed by atoms with van der Waals surface area (Å²) in [5.74, 6) is -0.291. The van der Waals surface area contributed by atoms with Crippen molar-refractivity contribution >= 4 is 29.1 Å². The smallest absolute Gasteiger partial charge is 0.221 e. The third kappa shape index (κ3) is 2.70. The van der Waals surface area contributed by atoms with Crippen LogP contribution in [0.15, 0.2) is 42.5 Å². The van der Waals surface area contributed by atoms with Crippen molar-refractivity contribution in [1.29, 1.82) is 0 Å². The maximum atomic E-state index is 10.7. The third-order valence-corrected chi connectivity index (χ3v) is 2.19. The van der Waals surface area contributed by atoms with Gasteiger partial charge in [0, 0.05) is 0 Å². The molecule has 78 valence electrons. The summed E-state index contributed by atoms with van der Waals surface area (Å²) in [5, 5.41) is 2.33. The molecule has 0 radical (unpaired) electrons. The molecule has 2 N–H and O–H groups in total. The summed E-state index contributed by atoms with van der Waals surface area (Å²) in [4.78, 5) is 10.7. The number of hydrogen-bond donors (Lipinski definition) is 1. The zero-order valence-electron chi connectivity index (χ0n) is 8.14. The van der Waals surface area contributed by atoms with Gasteiger partial charge in [-0.3, -0.25) is 4.79 Å². The second-order valence-electron chi connectivity index (χ2n) is 3.32. The van der Waals surface area contributed by atoms with Crippen molar-refractivity contribution in [2.75, 3.05) is 0 Å². The highest BCUT2D eigenvalue weighted by atomic mass is 35.5. The van der Waals surface area contributed by atoms with Gasteiger partial charge in [-0.25, -0.2) is 0 Å². The number of carbonyl (C=O) groups excluding carboxylic acids is 1. The van der Waals surface area contributed by atoms with Gasteiger partial charge in [-0.15, -0.1) is 12.4 Å². The Labute approximate surface area is 94.5 Å². The number of carbonyl (C=O) groups is 1. The van der Waals surface area contributed by atoms with Crippen LogP contribution in [0.2, 0.25) is 0 Å². The second kappa shape index (κ2) is 4.80. The maximum absolute atomic E-state index is 10.7. The van der Waals surface area contributed by atoms with Crippen LogP contribution in [0.1, 0.15) is 5.56 Å². The van der Waals surface area contributed by atoms with Crippen LogP contribution in [0.25, 0.3) is 10.8 Å². The molecule has 0 fully saturated rings. The lowest BCUT2D eigenvalue weighted by Gasteiger charge is -2.00. The number of hydrogen-bond acceptors (Lipinski definition) is 1. The first-order valence-electron chi connectivity index (χ1n) is 4.52. The molecule has 2 aromatic carbocycles. The summed E-state index contributed by atoms with van der Waals surface area (Å²) in [5.41, 5.74) is 6.10. The summed E-state index contributed by atoms with van der Waals surface area (Å²) in [6.45, 7) is 0. The Balaban J connectivity index is 0.00000112. The van der Waals surface area contributed by atoms with E-state index >= 15 is 0 Å². The Morgan fingerprint density at radius 1 is 1.07 bits per heavy atom. The molecule has 15 heavy (non-hydrogen) atoms. The van der Waals surface area contributed by atoms with E-state index in [4.69, 9.17) is 5.73 Å². The van der Waals surface area contributed by atoms with Crippen LogP contribution in [-0.2, 0) is 11.2 Å². The number of nitrogens with two attached hydrogens (primary N) is 1. The van der Waals surface area contributed by atoms with E-state index in [1.807, 2.05) is 42.5 Å². The molecule has 0 saturated heterocycles. The SMILES string of the molecule is Cl.NC(=O)Cc1ccc2ccccc2c1. The van der Waals surface area contributed by atoms with Gasteiger partial charge in [0.1, 0.15) is 0 Å². The average Bonchev–Trinajstić information content (AvgIpc) is 2.17. The fourth-order valence-electron chi connectivity index (χ4n) is 1.55. The van der Waals surface area contributed by atoms with Crippen LogP contribution in [-0.4, -0.2) is 5.91 Å². The molecule has 0 bridgehead atoms. The number of amides is 1. The monoisotopic (exact) mass is 221 g/mol. The molecule has 0 heterocycles. The number of rotatable bonds is 2. The molecule has 0 saturated carbocycles. The topological polar surface area (TPSA) is 43.1 Å². The third-order valence-electron chi connectivity index (χ3n) is 2.19. The van der Waals surface area contributed by atoms with E-state index in [1.54, 1.807) is 0 Å². The molecule has 1 amide bonds. The van der Waals surface area contributed by atoms with Crippen LogP contribution in [0, 0.1) is 0 Å². The summed E-state index contributed by atoms with van der Waals surface area (Å²) in [6, 6.07) is 14.0. The summed E-state index contributed by atoms with van der Waals surface area (Å²) >= 11 is 0. The van der Waals surface area contributed by atoms with Gasteiger partial charge in [0.2, 0.25) is 5.91 Å². The summed E-state index contributed by atoms with van der Waals surface area (Å²) < 4.78 is 0. The van der Waals surface area contributed by atoms with E-state index < -0.39 is 0 Å². The highest BCUT2D eigenvalue weighted by Gasteiger charge is 1.99. The minimum atomic E-state index is -0.291. The molecule has 0 aliphatic carbocycles.